The number of carbonyl (C=O) groups is 2. The number of hydrogen-bond donors (Lipinski definition) is 0. The van der Waals surface area contributed by atoms with Gasteiger partial charge in [0.25, 0.3) is 0 Å². The average molecular weight is 497 g/mol. The van der Waals surface area contributed by atoms with Gasteiger partial charge >= 0.3 is 35.6 Å². The van der Waals surface area contributed by atoms with Gasteiger partial charge in [-0.05, 0) is 25.7 Å². The Labute approximate surface area is 199 Å². The van der Waals surface area contributed by atoms with Crippen LogP contribution in [0.1, 0.15) is 71.6 Å². The molecule has 0 spiro atoms. The first kappa shape index (κ1) is 28.2. The van der Waals surface area contributed by atoms with E-state index in [4.69, 9.17) is 29.2 Å². The molecule has 0 aromatic carbocycles. The van der Waals surface area contributed by atoms with Crippen molar-refractivity contribution in [2.45, 2.75) is 95.8 Å². The minimum atomic E-state index is -0.556. The SMILES string of the molecule is CC(=O)N(C)C1CCC([N-]CCC[N-]C2CCC(N(C)C(C)=O)CC2)CC1.[Cl][Ti][Cl]. The molecule has 2 aliphatic rings. The van der Waals surface area contributed by atoms with Crippen LogP contribution >= 0.6 is 18.6 Å². The number of rotatable bonds is 8. The Kier molecular flexibility index (Phi) is 14.9. The van der Waals surface area contributed by atoms with Gasteiger partial charge in [0.05, 0.1) is 0 Å². The molecule has 2 amide bonds. The summed E-state index contributed by atoms with van der Waals surface area (Å²) in [6, 6.07) is 1.75. The number of nitrogens with zero attached hydrogens (tertiary/aromatic N) is 4. The topological polar surface area (TPSA) is 68.8 Å². The summed E-state index contributed by atoms with van der Waals surface area (Å²) in [5, 5.41) is 9.70. The van der Waals surface area contributed by atoms with E-state index in [0.29, 0.717) is 24.2 Å². The van der Waals surface area contributed by atoms with E-state index >= 15 is 0 Å². The quantitative estimate of drug-likeness (QED) is 0.347. The van der Waals surface area contributed by atoms with Gasteiger partial charge in [-0.3, -0.25) is 9.59 Å². The van der Waals surface area contributed by atoms with Crippen molar-refractivity contribution in [1.82, 2.24) is 9.80 Å². The Morgan fingerprint density at radius 3 is 1.33 bits per heavy atom. The molecule has 6 nitrogen and oxygen atoms in total. The first-order valence-electron chi connectivity index (χ1n) is 11.1. The van der Waals surface area contributed by atoms with Crippen LogP contribution in [-0.2, 0) is 26.6 Å². The van der Waals surface area contributed by atoms with Crippen molar-refractivity contribution in [3.8, 4) is 0 Å². The van der Waals surface area contributed by atoms with E-state index < -0.39 is 17.0 Å². The fourth-order valence-corrected chi connectivity index (χ4v) is 4.39. The Morgan fingerprint density at radius 1 is 0.767 bits per heavy atom. The molecule has 2 saturated carbocycles. The standard InChI is InChI=1S/C21H38N4O2.2ClH.Ti/c1-16(26)24(3)20-10-6-18(7-11-20)22-14-5-15-23-19-8-12-21(13-9-19)25(4)17(2)27;;;/h18-21H,5-15H2,1-4H3;2*1H;/q-2;;;+2/p-2. The van der Waals surface area contributed by atoms with Gasteiger partial charge < -0.3 is 20.4 Å². The van der Waals surface area contributed by atoms with Crippen molar-refractivity contribution in [1.29, 1.82) is 0 Å². The molecule has 2 fully saturated rings. The second-order valence-corrected chi connectivity index (χ2v) is 11.0. The summed E-state index contributed by atoms with van der Waals surface area (Å²) in [6.45, 7) is 5.11. The van der Waals surface area contributed by atoms with Crippen molar-refractivity contribution in [3.63, 3.8) is 0 Å². The van der Waals surface area contributed by atoms with E-state index in [1.807, 2.05) is 23.9 Å². The van der Waals surface area contributed by atoms with E-state index in [0.717, 1.165) is 70.9 Å². The Morgan fingerprint density at radius 2 is 1.07 bits per heavy atom. The molecule has 0 aromatic heterocycles. The molecule has 0 aliphatic heterocycles. The molecule has 0 heterocycles. The van der Waals surface area contributed by atoms with Crippen LogP contribution in [0, 0.1) is 0 Å². The fraction of sp³-hybridized carbons (Fsp3) is 0.905. The fourth-order valence-electron chi connectivity index (χ4n) is 4.39. The van der Waals surface area contributed by atoms with Gasteiger partial charge in [0.15, 0.2) is 0 Å². The maximum absolute atomic E-state index is 11.5. The molecule has 2 aliphatic carbocycles. The Balaban J connectivity index is 0.00000141. The summed E-state index contributed by atoms with van der Waals surface area (Å²) in [5.41, 5.74) is 0. The summed E-state index contributed by atoms with van der Waals surface area (Å²) in [6.07, 6.45) is 9.76. The third-order valence-corrected chi connectivity index (χ3v) is 6.51. The molecule has 9 heteroatoms. The monoisotopic (exact) mass is 496 g/mol. The number of hydrogen-bond acceptors (Lipinski definition) is 2. The van der Waals surface area contributed by atoms with Gasteiger partial charge in [0, 0.05) is 40.0 Å². The molecule has 2 rings (SSSR count). The minimum absolute atomic E-state index is 0.166. The summed E-state index contributed by atoms with van der Waals surface area (Å²) in [7, 11) is 13.6. The second-order valence-electron chi connectivity index (χ2n) is 8.42. The van der Waals surface area contributed by atoms with E-state index in [2.05, 4.69) is 0 Å². The molecule has 30 heavy (non-hydrogen) atoms. The zero-order valence-corrected chi connectivity index (χ0v) is 22.0. The number of halogens is 2. The van der Waals surface area contributed by atoms with Gasteiger partial charge in [0.2, 0.25) is 11.8 Å². The Hall–Kier alpha value is 0.154. The molecule has 0 radical (unpaired) electrons. The summed E-state index contributed by atoms with van der Waals surface area (Å²) < 4.78 is 0. The van der Waals surface area contributed by atoms with E-state index in [-0.39, 0.29) is 11.8 Å². The van der Waals surface area contributed by atoms with Crippen molar-refractivity contribution in [2.24, 2.45) is 0 Å². The predicted molar refractivity (Wildman–Crippen MR) is 122 cm³/mol. The third-order valence-electron chi connectivity index (χ3n) is 6.51. The van der Waals surface area contributed by atoms with Crippen molar-refractivity contribution >= 4 is 30.4 Å². The summed E-state index contributed by atoms with van der Waals surface area (Å²) in [5.74, 6) is 0.331. The first-order chi connectivity index (χ1) is 14.3. The average Bonchev–Trinajstić information content (AvgIpc) is 2.74. The molecule has 0 aromatic rings. The van der Waals surface area contributed by atoms with E-state index in [1.165, 1.54) is 0 Å². The van der Waals surface area contributed by atoms with E-state index in [9.17, 15) is 9.59 Å². The zero-order valence-electron chi connectivity index (χ0n) is 18.9. The molecule has 0 bridgehead atoms. The van der Waals surface area contributed by atoms with Gasteiger partial charge in [-0.15, -0.1) is 12.1 Å². The predicted octanol–water partition coefficient (Wildman–Crippen LogP) is 5.08. The Bertz CT molecular complexity index is 457. The van der Waals surface area contributed by atoms with Crippen LogP contribution in [0.15, 0.2) is 0 Å². The molecular formula is C21H38Cl2N4O2Ti-2. The van der Waals surface area contributed by atoms with Crippen LogP contribution in [0.2, 0.25) is 0 Å². The molecule has 0 saturated heterocycles. The summed E-state index contributed by atoms with van der Waals surface area (Å²) in [4.78, 5) is 26.7. The van der Waals surface area contributed by atoms with Gasteiger partial charge in [-0.2, -0.15) is 13.1 Å². The summed E-state index contributed by atoms with van der Waals surface area (Å²) >= 11 is -0.556. The van der Waals surface area contributed by atoms with Crippen molar-refractivity contribution < 1.29 is 26.6 Å². The third kappa shape index (κ3) is 10.6. The first-order valence-corrected chi connectivity index (χ1v) is 15.4. The van der Waals surface area contributed by atoms with Gasteiger partial charge in [-0.1, -0.05) is 32.1 Å². The van der Waals surface area contributed by atoms with Crippen LogP contribution in [0.25, 0.3) is 10.6 Å². The van der Waals surface area contributed by atoms with Crippen LogP contribution in [-0.4, -0.2) is 73.0 Å². The van der Waals surface area contributed by atoms with Gasteiger partial charge in [-0.25, -0.2) is 0 Å². The van der Waals surface area contributed by atoms with Crippen molar-refractivity contribution in [3.05, 3.63) is 10.6 Å². The number of amides is 2. The van der Waals surface area contributed by atoms with Crippen molar-refractivity contribution in [2.75, 3.05) is 27.2 Å². The molecule has 0 N–H and O–H groups in total. The maximum atomic E-state index is 11.5. The molecule has 174 valence electrons. The van der Waals surface area contributed by atoms with Gasteiger partial charge in [0.1, 0.15) is 0 Å². The number of carbonyl (C=O) groups excluding carboxylic acids is 2. The van der Waals surface area contributed by atoms with Crippen LogP contribution in [0.5, 0.6) is 0 Å². The van der Waals surface area contributed by atoms with Crippen LogP contribution in [0.4, 0.5) is 0 Å². The zero-order chi connectivity index (χ0) is 22.5. The molecular weight excluding hydrogens is 459 g/mol. The molecule has 0 unspecified atom stereocenters. The van der Waals surface area contributed by atoms with Crippen LogP contribution < -0.4 is 0 Å². The second kappa shape index (κ2) is 15.9. The molecule has 0 atom stereocenters. The normalized spacial score (nSPS) is 26.2. The van der Waals surface area contributed by atoms with E-state index in [1.54, 1.807) is 13.8 Å². The van der Waals surface area contributed by atoms with Crippen LogP contribution in [0.3, 0.4) is 0 Å².